The number of para-hydroxylation sites is 2. The summed E-state index contributed by atoms with van der Waals surface area (Å²) in [5.41, 5.74) is 3.52. The molecule has 0 saturated heterocycles. The van der Waals surface area contributed by atoms with Crippen LogP contribution < -0.4 is 5.56 Å². The van der Waals surface area contributed by atoms with Crippen molar-refractivity contribution in [2.75, 3.05) is 7.05 Å². The van der Waals surface area contributed by atoms with Crippen molar-refractivity contribution in [3.8, 4) is 5.69 Å². The van der Waals surface area contributed by atoms with Crippen LogP contribution in [0, 0.1) is 0 Å². The first-order valence-electron chi connectivity index (χ1n) is 11.4. The van der Waals surface area contributed by atoms with E-state index in [0.717, 1.165) is 23.2 Å². The van der Waals surface area contributed by atoms with E-state index in [2.05, 4.69) is 6.92 Å². The zero-order valence-corrected chi connectivity index (χ0v) is 19.4. The number of benzene rings is 3. The molecule has 0 radical (unpaired) electrons. The van der Waals surface area contributed by atoms with Crippen LogP contribution in [0.3, 0.4) is 0 Å². The Morgan fingerprint density at radius 3 is 2.39 bits per heavy atom. The molecule has 0 aliphatic carbocycles. The third-order valence-electron chi connectivity index (χ3n) is 6.23. The zero-order valence-electron chi connectivity index (χ0n) is 19.4. The van der Waals surface area contributed by atoms with E-state index < -0.39 is 0 Å². The highest BCUT2D eigenvalue weighted by atomic mass is 16.2. The van der Waals surface area contributed by atoms with Gasteiger partial charge in [-0.15, -0.1) is 0 Å². The van der Waals surface area contributed by atoms with E-state index >= 15 is 0 Å². The van der Waals surface area contributed by atoms with E-state index in [-0.39, 0.29) is 17.5 Å². The molecular weight excluding hydrogens is 410 g/mol. The Morgan fingerprint density at radius 2 is 1.64 bits per heavy atom. The highest BCUT2D eigenvalue weighted by molar-refractivity contribution is 5.79. The minimum atomic E-state index is -0.379. The van der Waals surface area contributed by atoms with Crippen molar-refractivity contribution < 1.29 is 4.79 Å². The van der Waals surface area contributed by atoms with Crippen LogP contribution >= 0.6 is 0 Å². The fourth-order valence-electron chi connectivity index (χ4n) is 4.15. The summed E-state index contributed by atoms with van der Waals surface area (Å²) in [7, 11) is 1.79. The summed E-state index contributed by atoms with van der Waals surface area (Å²) in [4.78, 5) is 33.3. The number of rotatable bonds is 7. The first-order chi connectivity index (χ1) is 16.0. The van der Waals surface area contributed by atoms with Crippen LogP contribution in [-0.2, 0) is 17.6 Å². The molecule has 0 aliphatic heterocycles. The lowest BCUT2D eigenvalue weighted by Crippen LogP contribution is -2.35. The number of carbonyl (C=O) groups is 1. The molecule has 33 heavy (non-hydrogen) atoms. The van der Waals surface area contributed by atoms with Gasteiger partial charge in [-0.1, -0.05) is 67.6 Å². The van der Waals surface area contributed by atoms with Crippen molar-refractivity contribution in [2.24, 2.45) is 0 Å². The number of nitrogens with zero attached hydrogens (tertiary/aromatic N) is 3. The SMILES string of the molecule is CCc1ccccc1-n1c(C(C)N(C)C(=O)CCc2ccccc2)nc2ccccc2c1=O. The van der Waals surface area contributed by atoms with Gasteiger partial charge in [0, 0.05) is 13.5 Å². The Hall–Kier alpha value is -3.73. The van der Waals surface area contributed by atoms with Gasteiger partial charge in [0.1, 0.15) is 5.82 Å². The van der Waals surface area contributed by atoms with E-state index in [4.69, 9.17) is 4.98 Å². The van der Waals surface area contributed by atoms with Gasteiger partial charge in [-0.25, -0.2) is 4.98 Å². The molecule has 1 atom stereocenters. The molecule has 0 bridgehead atoms. The second kappa shape index (κ2) is 9.82. The molecule has 0 saturated carbocycles. The second-order valence-corrected chi connectivity index (χ2v) is 8.28. The van der Waals surface area contributed by atoms with Gasteiger partial charge in [-0.05, 0) is 49.1 Å². The van der Waals surface area contributed by atoms with Crippen LogP contribution in [0.1, 0.15) is 43.3 Å². The molecule has 4 rings (SSSR count). The lowest BCUT2D eigenvalue weighted by atomic mass is 10.1. The molecule has 0 N–H and O–H groups in total. The lowest BCUT2D eigenvalue weighted by molar-refractivity contribution is -0.131. The molecule has 0 spiro atoms. The van der Waals surface area contributed by atoms with E-state index in [1.807, 2.05) is 79.7 Å². The molecule has 3 aromatic carbocycles. The van der Waals surface area contributed by atoms with E-state index in [0.29, 0.717) is 29.6 Å². The number of aryl methyl sites for hydroxylation is 2. The maximum atomic E-state index is 13.6. The molecule has 1 heterocycles. The molecule has 168 valence electrons. The summed E-state index contributed by atoms with van der Waals surface area (Å²) in [5, 5.41) is 0.567. The molecule has 4 aromatic rings. The summed E-state index contributed by atoms with van der Waals surface area (Å²) in [6.07, 6.45) is 1.86. The molecule has 1 amide bonds. The first kappa shape index (κ1) is 22.5. The number of amides is 1. The molecule has 1 unspecified atom stereocenters. The summed E-state index contributed by atoms with van der Waals surface area (Å²) in [6, 6.07) is 24.9. The Bertz CT molecular complexity index is 1330. The third kappa shape index (κ3) is 4.58. The summed E-state index contributed by atoms with van der Waals surface area (Å²) >= 11 is 0. The number of aromatic nitrogens is 2. The number of carbonyl (C=O) groups excluding carboxylic acids is 1. The monoisotopic (exact) mass is 439 g/mol. The largest absolute Gasteiger partial charge is 0.336 e. The average molecular weight is 440 g/mol. The highest BCUT2D eigenvalue weighted by Crippen LogP contribution is 2.24. The van der Waals surface area contributed by atoms with Crippen LogP contribution in [0.5, 0.6) is 0 Å². The third-order valence-corrected chi connectivity index (χ3v) is 6.23. The minimum absolute atomic E-state index is 0.0177. The molecule has 1 aromatic heterocycles. The number of fused-ring (bicyclic) bond motifs is 1. The number of hydrogen-bond donors (Lipinski definition) is 0. The summed E-state index contributed by atoms with van der Waals surface area (Å²) in [5.74, 6) is 0.583. The van der Waals surface area contributed by atoms with Gasteiger partial charge >= 0.3 is 0 Å². The predicted octanol–water partition coefficient (Wildman–Crippen LogP) is 5.10. The molecule has 5 nitrogen and oxygen atoms in total. The van der Waals surface area contributed by atoms with Gasteiger partial charge in [0.25, 0.3) is 5.56 Å². The Balaban J connectivity index is 1.75. The fraction of sp³-hybridized carbons (Fsp3) is 0.250. The Morgan fingerprint density at radius 1 is 0.970 bits per heavy atom. The van der Waals surface area contributed by atoms with E-state index in [9.17, 15) is 9.59 Å². The second-order valence-electron chi connectivity index (χ2n) is 8.28. The van der Waals surface area contributed by atoms with Crippen molar-refractivity contribution in [3.63, 3.8) is 0 Å². The standard InChI is InChI=1S/C28H29N3O2/c1-4-22-14-8-11-17-25(22)31-27(29-24-16-10-9-15-23(24)28(31)33)20(2)30(3)26(32)19-18-21-12-6-5-7-13-21/h5-17,20H,4,18-19H2,1-3H3. The maximum Gasteiger partial charge on any atom is 0.266 e. The van der Waals surface area contributed by atoms with Crippen LogP contribution in [0.15, 0.2) is 83.7 Å². The lowest BCUT2D eigenvalue weighted by Gasteiger charge is -2.27. The van der Waals surface area contributed by atoms with Crippen LogP contribution in [0.25, 0.3) is 16.6 Å². The van der Waals surface area contributed by atoms with Gasteiger partial charge in [0.2, 0.25) is 5.91 Å². The minimum Gasteiger partial charge on any atom is -0.336 e. The molecule has 0 fully saturated rings. The van der Waals surface area contributed by atoms with Gasteiger partial charge in [-0.3, -0.25) is 14.2 Å². The fourth-order valence-corrected chi connectivity index (χ4v) is 4.15. The van der Waals surface area contributed by atoms with Crippen LogP contribution in [-0.4, -0.2) is 27.4 Å². The number of hydrogen-bond acceptors (Lipinski definition) is 3. The van der Waals surface area contributed by atoms with Crippen molar-refractivity contribution in [2.45, 2.75) is 39.2 Å². The quantitative estimate of drug-likeness (QED) is 0.403. The Kier molecular flexibility index (Phi) is 6.68. The van der Waals surface area contributed by atoms with Crippen molar-refractivity contribution in [1.29, 1.82) is 0 Å². The Labute approximate surface area is 194 Å². The van der Waals surface area contributed by atoms with Gasteiger partial charge in [-0.2, -0.15) is 0 Å². The molecule has 0 aliphatic rings. The van der Waals surface area contributed by atoms with Gasteiger partial charge in [0.05, 0.1) is 22.6 Å². The van der Waals surface area contributed by atoms with Crippen LogP contribution in [0.2, 0.25) is 0 Å². The van der Waals surface area contributed by atoms with Crippen molar-refractivity contribution in [3.05, 3.63) is 106 Å². The average Bonchev–Trinajstić information content (AvgIpc) is 2.87. The van der Waals surface area contributed by atoms with Gasteiger partial charge in [0.15, 0.2) is 0 Å². The summed E-state index contributed by atoms with van der Waals surface area (Å²) < 4.78 is 1.69. The van der Waals surface area contributed by atoms with Gasteiger partial charge < -0.3 is 4.90 Å². The normalized spacial score (nSPS) is 12.0. The summed E-state index contributed by atoms with van der Waals surface area (Å²) in [6.45, 7) is 4.00. The first-order valence-corrected chi connectivity index (χ1v) is 11.4. The molecule has 5 heteroatoms. The topological polar surface area (TPSA) is 55.2 Å². The predicted molar refractivity (Wildman–Crippen MR) is 133 cm³/mol. The van der Waals surface area contributed by atoms with E-state index in [1.54, 1.807) is 22.6 Å². The molecular formula is C28H29N3O2. The smallest absolute Gasteiger partial charge is 0.266 e. The zero-order chi connectivity index (χ0) is 23.4. The van der Waals surface area contributed by atoms with Crippen molar-refractivity contribution in [1.82, 2.24) is 14.5 Å². The van der Waals surface area contributed by atoms with Crippen molar-refractivity contribution >= 4 is 16.8 Å². The van der Waals surface area contributed by atoms with E-state index in [1.165, 1.54) is 0 Å². The highest BCUT2D eigenvalue weighted by Gasteiger charge is 2.24. The maximum absolute atomic E-state index is 13.6. The van der Waals surface area contributed by atoms with Crippen LogP contribution in [0.4, 0.5) is 0 Å².